The number of carbonyl (C=O) groups excluding carboxylic acids is 1. The van der Waals surface area contributed by atoms with Gasteiger partial charge in [-0.3, -0.25) is 4.68 Å². The molecule has 0 bridgehead atoms. The molecular formula is C22H24N4O2. The lowest BCUT2D eigenvalue weighted by Crippen LogP contribution is -2.31. The number of carbonyl (C=O) groups is 1. The molecule has 6 nitrogen and oxygen atoms in total. The molecule has 0 saturated carbocycles. The Kier molecular flexibility index (Phi) is 4.55. The molecule has 2 aromatic heterocycles. The fourth-order valence-electron chi connectivity index (χ4n) is 3.56. The van der Waals surface area contributed by atoms with Gasteiger partial charge in [-0.05, 0) is 52.0 Å². The molecule has 4 rings (SSSR count). The molecule has 6 heteroatoms. The summed E-state index contributed by atoms with van der Waals surface area (Å²) < 4.78 is 7.89. The summed E-state index contributed by atoms with van der Waals surface area (Å²) in [6.07, 6.45) is 1.84. The molecule has 0 saturated heterocycles. The highest BCUT2D eigenvalue weighted by Crippen LogP contribution is 2.29. The van der Waals surface area contributed by atoms with Gasteiger partial charge in [0, 0.05) is 28.1 Å². The van der Waals surface area contributed by atoms with E-state index in [9.17, 15) is 4.79 Å². The van der Waals surface area contributed by atoms with Crippen molar-refractivity contribution in [2.45, 2.75) is 39.8 Å². The number of anilines is 1. The van der Waals surface area contributed by atoms with Gasteiger partial charge in [0.05, 0.1) is 17.8 Å². The second kappa shape index (κ2) is 7.03. The van der Waals surface area contributed by atoms with Crippen molar-refractivity contribution in [3.8, 4) is 0 Å². The molecule has 2 N–H and O–H groups in total. The number of aromatic nitrogens is 2. The number of benzene rings is 2. The summed E-state index contributed by atoms with van der Waals surface area (Å²) >= 11 is 0. The van der Waals surface area contributed by atoms with Crippen LogP contribution < -0.4 is 10.6 Å². The SMILES string of the molecule is Cc1c([C@@H](C)NC(=O)Nc2ccc3cnn(C(C)C)c3c2)oc2ccccc12. The summed E-state index contributed by atoms with van der Waals surface area (Å²) in [6.45, 7) is 8.09. The number of aryl methyl sites for hydroxylation is 1. The van der Waals surface area contributed by atoms with E-state index in [1.165, 1.54) is 0 Å². The Balaban J connectivity index is 1.51. The van der Waals surface area contributed by atoms with E-state index in [1.54, 1.807) is 0 Å². The highest BCUT2D eigenvalue weighted by atomic mass is 16.3. The normalized spacial score (nSPS) is 12.6. The molecule has 0 aliphatic rings. The predicted octanol–water partition coefficient (Wildman–Crippen LogP) is 5.55. The van der Waals surface area contributed by atoms with Gasteiger partial charge in [0.15, 0.2) is 0 Å². The summed E-state index contributed by atoms with van der Waals surface area (Å²) in [7, 11) is 0. The van der Waals surface area contributed by atoms with Crippen LogP contribution in [-0.2, 0) is 0 Å². The van der Waals surface area contributed by atoms with Gasteiger partial charge in [-0.25, -0.2) is 4.79 Å². The van der Waals surface area contributed by atoms with Gasteiger partial charge in [0.25, 0.3) is 0 Å². The Hall–Kier alpha value is -3.28. The van der Waals surface area contributed by atoms with Crippen molar-refractivity contribution >= 4 is 33.6 Å². The zero-order chi connectivity index (χ0) is 19.8. The standard InChI is InChI=1S/C22H24N4O2/c1-13(2)26-19-11-17(10-9-16(19)12-23-26)25-22(27)24-15(4)21-14(3)18-7-5-6-8-20(18)28-21/h5-13,15H,1-4H3,(H2,24,25,27)/t15-/m1/s1. The number of furan rings is 1. The van der Waals surface area contributed by atoms with E-state index in [4.69, 9.17) is 4.42 Å². The molecule has 4 aromatic rings. The largest absolute Gasteiger partial charge is 0.459 e. The second-order valence-electron chi connectivity index (χ2n) is 7.36. The summed E-state index contributed by atoms with van der Waals surface area (Å²) in [6, 6.07) is 13.4. The molecule has 0 spiro atoms. The van der Waals surface area contributed by atoms with Crippen LogP contribution in [0.5, 0.6) is 0 Å². The van der Waals surface area contributed by atoms with E-state index >= 15 is 0 Å². The quantitative estimate of drug-likeness (QED) is 0.490. The van der Waals surface area contributed by atoms with Crippen molar-refractivity contribution in [3.05, 3.63) is 60.0 Å². The lowest BCUT2D eigenvalue weighted by Gasteiger charge is -2.14. The van der Waals surface area contributed by atoms with Gasteiger partial charge < -0.3 is 15.1 Å². The highest BCUT2D eigenvalue weighted by molar-refractivity contribution is 5.93. The zero-order valence-electron chi connectivity index (χ0n) is 16.5. The maximum Gasteiger partial charge on any atom is 0.319 e. The maximum atomic E-state index is 12.5. The highest BCUT2D eigenvalue weighted by Gasteiger charge is 2.18. The fraction of sp³-hybridized carbons (Fsp3) is 0.273. The summed E-state index contributed by atoms with van der Waals surface area (Å²) in [5.41, 5.74) is 3.59. The minimum atomic E-state index is -0.276. The smallest absolute Gasteiger partial charge is 0.319 e. The number of urea groups is 1. The van der Waals surface area contributed by atoms with E-state index < -0.39 is 0 Å². The molecule has 1 atom stereocenters. The average Bonchev–Trinajstić information content (AvgIpc) is 3.23. The Morgan fingerprint density at radius 2 is 1.93 bits per heavy atom. The van der Waals surface area contributed by atoms with Crippen LogP contribution in [0.1, 0.15) is 44.2 Å². The van der Waals surface area contributed by atoms with E-state index in [1.807, 2.05) is 67.2 Å². The Morgan fingerprint density at radius 1 is 1.14 bits per heavy atom. The number of para-hydroxylation sites is 1. The fourth-order valence-corrected chi connectivity index (χ4v) is 3.56. The monoisotopic (exact) mass is 376 g/mol. The average molecular weight is 376 g/mol. The van der Waals surface area contributed by atoms with Crippen molar-refractivity contribution in [2.75, 3.05) is 5.32 Å². The number of fused-ring (bicyclic) bond motifs is 2. The molecule has 2 heterocycles. The third-order valence-electron chi connectivity index (χ3n) is 4.97. The van der Waals surface area contributed by atoms with Crippen molar-refractivity contribution in [1.29, 1.82) is 0 Å². The molecule has 0 aliphatic carbocycles. The van der Waals surface area contributed by atoms with Gasteiger partial charge >= 0.3 is 6.03 Å². The van der Waals surface area contributed by atoms with Crippen LogP contribution in [-0.4, -0.2) is 15.8 Å². The molecule has 0 radical (unpaired) electrons. The third-order valence-corrected chi connectivity index (χ3v) is 4.97. The first kappa shape index (κ1) is 18.1. The summed E-state index contributed by atoms with van der Waals surface area (Å²) in [5, 5.41) is 12.4. The Bertz CT molecular complexity index is 1160. The van der Waals surface area contributed by atoms with Crippen LogP contribution in [0.3, 0.4) is 0 Å². The molecule has 0 unspecified atom stereocenters. The van der Waals surface area contributed by atoms with Crippen LogP contribution in [0.4, 0.5) is 10.5 Å². The number of hydrogen-bond donors (Lipinski definition) is 2. The summed E-state index contributed by atoms with van der Waals surface area (Å²) in [5.74, 6) is 0.768. The molecule has 2 aromatic carbocycles. The van der Waals surface area contributed by atoms with Crippen LogP contribution in [0, 0.1) is 6.92 Å². The van der Waals surface area contributed by atoms with Crippen LogP contribution in [0.2, 0.25) is 0 Å². The lowest BCUT2D eigenvalue weighted by atomic mass is 10.1. The second-order valence-corrected chi connectivity index (χ2v) is 7.36. The molecule has 0 fully saturated rings. The van der Waals surface area contributed by atoms with Crippen molar-refractivity contribution in [2.24, 2.45) is 0 Å². The summed E-state index contributed by atoms with van der Waals surface area (Å²) in [4.78, 5) is 12.5. The number of amides is 2. The number of hydrogen-bond acceptors (Lipinski definition) is 3. The predicted molar refractivity (Wildman–Crippen MR) is 112 cm³/mol. The molecule has 144 valence electrons. The lowest BCUT2D eigenvalue weighted by molar-refractivity contribution is 0.248. The van der Waals surface area contributed by atoms with Gasteiger partial charge in [-0.1, -0.05) is 18.2 Å². The van der Waals surface area contributed by atoms with Gasteiger partial charge in [0.2, 0.25) is 0 Å². The van der Waals surface area contributed by atoms with Gasteiger partial charge in [0.1, 0.15) is 11.3 Å². The molecule has 0 aliphatic heterocycles. The van der Waals surface area contributed by atoms with Crippen LogP contribution >= 0.6 is 0 Å². The first-order valence-corrected chi connectivity index (χ1v) is 9.47. The molecular weight excluding hydrogens is 352 g/mol. The first-order valence-electron chi connectivity index (χ1n) is 9.47. The molecule has 2 amide bonds. The maximum absolute atomic E-state index is 12.5. The minimum Gasteiger partial charge on any atom is -0.459 e. The first-order chi connectivity index (χ1) is 13.4. The van der Waals surface area contributed by atoms with Crippen molar-refractivity contribution in [1.82, 2.24) is 15.1 Å². The van der Waals surface area contributed by atoms with Crippen molar-refractivity contribution in [3.63, 3.8) is 0 Å². The van der Waals surface area contributed by atoms with Gasteiger partial charge in [-0.2, -0.15) is 5.10 Å². The van der Waals surface area contributed by atoms with E-state index in [-0.39, 0.29) is 18.1 Å². The number of nitrogens with zero attached hydrogens (tertiary/aromatic N) is 2. The Morgan fingerprint density at radius 3 is 2.68 bits per heavy atom. The third kappa shape index (κ3) is 3.22. The van der Waals surface area contributed by atoms with Crippen LogP contribution in [0.25, 0.3) is 21.9 Å². The zero-order valence-corrected chi connectivity index (χ0v) is 16.5. The van der Waals surface area contributed by atoms with Crippen molar-refractivity contribution < 1.29 is 9.21 Å². The molecule has 28 heavy (non-hydrogen) atoms. The van der Waals surface area contributed by atoms with E-state index in [0.717, 1.165) is 38.9 Å². The van der Waals surface area contributed by atoms with E-state index in [0.29, 0.717) is 0 Å². The number of rotatable bonds is 4. The Labute approximate surface area is 163 Å². The topological polar surface area (TPSA) is 72.1 Å². The van der Waals surface area contributed by atoms with Crippen LogP contribution in [0.15, 0.2) is 53.1 Å². The van der Waals surface area contributed by atoms with Gasteiger partial charge in [-0.15, -0.1) is 0 Å². The minimum absolute atomic E-state index is 0.248. The number of nitrogens with one attached hydrogen (secondary N) is 2. The van der Waals surface area contributed by atoms with E-state index in [2.05, 4.69) is 29.6 Å².